The molecular weight excluding hydrogens is 548 g/mol. The van der Waals surface area contributed by atoms with Crippen molar-refractivity contribution in [1.82, 2.24) is 0 Å². The molecule has 2 aliphatic rings. The fourth-order valence-electron chi connectivity index (χ4n) is 5.27. The van der Waals surface area contributed by atoms with Gasteiger partial charge in [-0.05, 0) is 101 Å². The summed E-state index contributed by atoms with van der Waals surface area (Å²) in [5, 5.41) is 6.81. The van der Waals surface area contributed by atoms with E-state index in [1.807, 2.05) is 0 Å². The van der Waals surface area contributed by atoms with Crippen LogP contribution in [0.2, 0.25) is 0 Å². The number of benzene rings is 1. The first-order valence-corrected chi connectivity index (χ1v) is 15.4. The molecule has 10 heteroatoms. The van der Waals surface area contributed by atoms with Crippen molar-refractivity contribution in [2.75, 3.05) is 23.8 Å². The number of fused-ring (bicyclic) bond motifs is 2. The Morgan fingerprint density at radius 2 is 1.02 bits per heavy atom. The molecule has 40 heavy (non-hydrogen) atoms. The summed E-state index contributed by atoms with van der Waals surface area (Å²) >= 11 is 2.87. The van der Waals surface area contributed by atoms with Gasteiger partial charge >= 0.3 is 11.9 Å². The van der Waals surface area contributed by atoms with E-state index in [1.54, 1.807) is 38.1 Å². The van der Waals surface area contributed by atoms with Crippen molar-refractivity contribution in [1.29, 1.82) is 0 Å². The monoisotopic (exact) mass is 580 g/mol. The molecule has 0 aliphatic heterocycles. The van der Waals surface area contributed by atoms with E-state index < -0.39 is 11.9 Å². The topological polar surface area (TPSA) is 111 Å². The Balaban J connectivity index is 1.32. The third kappa shape index (κ3) is 5.69. The van der Waals surface area contributed by atoms with Gasteiger partial charge in [0.2, 0.25) is 0 Å². The average Bonchev–Trinajstić information content (AvgIpc) is 3.50. The van der Waals surface area contributed by atoms with Crippen molar-refractivity contribution in [3.8, 4) is 0 Å². The van der Waals surface area contributed by atoms with Gasteiger partial charge in [0.25, 0.3) is 11.8 Å². The number of aryl methyl sites for hydroxylation is 2. The van der Waals surface area contributed by atoms with E-state index in [-0.39, 0.29) is 25.0 Å². The number of amides is 2. The van der Waals surface area contributed by atoms with Gasteiger partial charge in [0.05, 0.1) is 24.3 Å². The van der Waals surface area contributed by atoms with Crippen molar-refractivity contribution in [3.63, 3.8) is 0 Å². The molecule has 0 radical (unpaired) electrons. The van der Waals surface area contributed by atoms with Gasteiger partial charge in [-0.1, -0.05) is 0 Å². The number of hydrogen-bond acceptors (Lipinski definition) is 8. The Morgan fingerprint density at radius 1 is 0.650 bits per heavy atom. The highest BCUT2D eigenvalue weighted by atomic mass is 32.1. The molecule has 8 nitrogen and oxygen atoms in total. The molecule has 0 unspecified atom stereocenters. The lowest BCUT2D eigenvalue weighted by atomic mass is 9.95. The number of carbonyl (C=O) groups is 4. The van der Waals surface area contributed by atoms with E-state index in [1.165, 1.54) is 22.7 Å². The molecule has 0 bridgehead atoms. The number of thiophene rings is 2. The SMILES string of the molecule is CCOC(=O)c1c(NC(=O)c2ccc(C(=O)Nc3sc4c(c3C(=O)OCC)CCCC4)cc2)sc2c1CCCC2. The van der Waals surface area contributed by atoms with E-state index in [9.17, 15) is 19.2 Å². The van der Waals surface area contributed by atoms with Gasteiger partial charge in [0, 0.05) is 20.9 Å². The summed E-state index contributed by atoms with van der Waals surface area (Å²) in [7, 11) is 0. The standard InChI is InChI=1S/C30H32N2O6S2/c1-3-37-29(35)23-19-9-5-7-11-21(19)39-27(23)31-25(33)17-13-15-18(16-14-17)26(34)32-28-24(30(36)38-4-2)20-10-6-8-12-22(20)40-28/h13-16H,3-12H2,1-2H3,(H,31,33)(H,32,34). The maximum Gasteiger partial charge on any atom is 0.341 e. The fraction of sp³-hybridized carbons (Fsp3) is 0.400. The number of nitrogens with one attached hydrogen (secondary N) is 2. The highest BCUT2D eigenvalue weighted by Gasteiger charge is 2.29. The summed E-state index contributed by atoms with van der Waals surface area (Å²) in [6.45, 7) is 4.04. The zero-order valence-electron chi connectivity index (χ0n) is 22.6. The van der Waals surface area contributed by atoms with E-state index in [2.05, 4.69) is 10.6 Å². The van der Waals surface area contributed by atoms with Gasteiger partial charge in [-0.25, -0.2) is 9.59 Å². The van der Waals surface area contributed by atoms with Crippen LogP contribution >= 0.6 is 22.7 Å². The molecule has 210 valence electrons. The number of esters is 2. The molecule has 2 amide bonds. The zero-order chi connectivity index (χ0) is 28.2. The molecular formula is C30H32N2O6S2. The molecule has 2 aromatic heterocycles. The molecule has 0 atom stereocenters. The second-order valence-electron chi connectivity index (χ2n) is 9.76. The van der Waals surface area contributed by atoms with Crippen LogP contribution in [0.5, 0.6) is 0 Å². The van der Waals surface area contributed by atoms with Crippen LogP contribution in [0.1, 0.15) is 102 Å². The Bertz CT molecular complexity index is 1340. The summed E-state index contributed by atoms with van der Waals surface area (Å²) in [6, 6.07) is 6.31. The molecule has 0 fully saturated rings. The number of rotatable bonds is 8. The summed E-state index contributed by atoms with van der Waals surface area (Å²) < 4.78 is 10.6. The van der Waals surface area contributed by atoms with Gasteiger partial charge in [0.1, 0.15) is 10.0 Å². The lowest BCUT2D eigenvalue weighted by molar-refractivity contribution is 0.0516. The Labute approximate surface area is 241 Å². The van der Waals surface area contributed by atoms with E-state index >= 15 is 0 Å². The smallest absolute Gasteiger partial charge is 0.341 e. The molecule has 2 heterocycles. The van der Waals surface area contributed by atoms with Gasteiger partial charge in [-0.3, -0.25) is 9.59 Å². The Morgan fingerprint density at radius 3 is 1.40 bits per heavy atom. The van der Waals surface area contributed by atoms with Crippen LogP contribution in [0.25, 0.3) is 0 Å². The predicted molar refractivity (Wildman–Crippen MR) is 156 cm³/mol. The highest BCUT2D eigenvalue weighted by molar-refractivity contribution is 7.17. The van der Waals surface area contributed by atoms with Gasteiger partial charge in [0.15, 0.2) is 0 Å². The first kappa shape index (κ1) is 28.0. The third-order valence-electron chi connectivity index (χ3n) is 7.17. The second kappa shape index (κ2) is 12.3. The first-order valence-electron chi connectivity index (χ1n) is 13.8. The van der Waals surface area contributed by atoms with Gasteiger partial charge < -0.3 is 20.1 Å². The number of hydrogen-bond donors (Lipinski definition) is 2. The van der Waals surface area contributed by atoms with Crippen LogP contribution < -0.4 is 10.6 Å². The second-order valence-corrected chi connectivity index (χ2v) is 12.0. The minimum atomic E-state index is -0.415. The van der Waals surface area contributed by atoms with Crippen LogP contribution in [0.15, 0.2) is 24.3 Å². The quantitative estimate of drug-likeness (QED) is 0.297. The number of anilines is 2. The van der Waals surface area contributed by atoms with Crippen molar-refractivity contribution >= 4 is 56.4 Å². The normalized spacial score (nSPS) is 14.1. The average molecular weight is 581 g/mol. The molecule has 1 aromatic carbocycles. The van der Waals surface area contributed by atoms with Crippen LogP contribution in [0.4, 0.5) is 10.0 Å². The molecule has 0 spiro atoms. The van der Waals surface area contributed by atoms with Crippen LogP contribution in [0.3, 0.4) is 0 Å². The molecule has 2 N–H and O–H groups in total. The summed E-state index contributed by atoms with van der Waals surface area (Å²) in [5.41, 5.74) is 3.60. The maximum atomic E-state index is 13.1. The lowest BCUT2D eigenvalue weighted by Crippen LogP contribution is -2.17. The minimum absolute atomic E-state index is 0.260. The molecule has 5 rings (SSSR count). The molecule has 3 aromatic rings. The molecule has 2 aliphatic carbocycles. The Hall–Kier alpha value is -3.50. The minimum Gasteiger partial charge on any atom is -0.462 e. The lowest BCUT2D eigenvalue weighted by Gasteiger charge is -2.12. The van der Waals surface area contributed by atoms with Crippen LogP contribution in [-0.2, 0) is 35.2 Å². The van der Waals surface area contributed by atoms with E-state index in [4.69, 9.17) is 9.47 Å². The van der Waals surface area contributed by atoms with Crippen molar-refractivity contribution in [2.45, 2.75) is 65.2 Å². The van der Waals surface area contributed by atoms with Gasteiger partial charge in [-0.15, -0.1) is 22.7 Å². The van der Waals surface area contributed by atoms with Crippen LogP contribution in [0, 0.1) is 0 Å². The number of ether oxygens (including phenoxy) is 2. The molecule has 0 saturated heterocycles. The number of carbonyl (C=O) groups excluding carboxylic acids is 4. The fourth-order valence-corrected chi connectivity index (χ4v) is 7.81. The van der Waals surface area contributed by atoms with Crippen LogP contribution in [-0.4, -0.2) is 37.0 Å². The highest BCUT2D eigenvalue weighted by Crippen LogP contribution is 2.40. The van der Waals surface area contributed by atoms with E-state index in [0.29, 0.717) is 32.3 Å². The summed E-state index contributed by atoms with van der Waals surface area (Å²) in [5.74, 6) is -1.57. The van der Waals surface area contributed by atoms with Crippen molar-refractivity contribution in [2.24, 2.45) is 0 Å². The zero-order valence-corrected chi connectivity index (χ0v) is 24.3. The molecule has 0 saturated carbocycles. The van der Waals surface area contributed by atoms with Crippen molar-refractivity contribution < 1.29 is 28.7 Å². The largest absolute Gasteiger partial charge is 0.462 e. The van der Waals surface area contributed by atoms with Gasteiger partial charge in [-0.2, -0.15) is 0 Å². The van der Waals surface area contributed by atoms with E-state index in [0.717, 1.165) is 72.2 Å². The predicted octanol–water partition coefficient (Wildman–Crippen LogP) is 6.43. The summed E-state index contributed by atoms with van der Waals surface area (Å²) in [4.78, 5) is 53.9. The summed E-state index contributed by atoms with van der Waals surface area (Å²) in [6.07, 6.45) is 7.49. The van der Waals surface area contributed by atoms with Crippen molar-refractivity contribution in [3.05, 3.63) is 67.4 Å². The first-order chi connectivity index (χ1) is 19.4. The Kier molecular flexibility index (Phi) is 8.66. The third-order valence-corrected chi connectivity index (χ3v) is 9.58. The maximum absolute atomic E-state index is 13.1.